The molecule has 8 nitrogen and oxygen atoms in total. The van der Waals surface area contributed by atoms with Crippen LogP contribution in [-0.4, -0.2) is 87.8 Å². The number of aryl methyl sites for hydroxylation is 1. The quantitative estimate of drug-likeness (QED) is 0.812. The number of carboxylic acid groups (broad SMARTS) is 1. The van der Waals surface area contributed by atoms with Crippen molar-refractivity contribution in [1.29, 1.82) is 0 Å². The van der Waals surface area contributed by atoms with E-state index in [1.807, 2.05) is 0 Å². The first-order chi connectivity index (χ1) is 11.5. The molecule has 0 unspecified atom stereocenters. The van der Waals surface area contributed by atoms with E-state index >= 15 is 0 Å². The Labute approximate surface area is 141 Å². The van der Waals surface area contributed by atoms with Crippen LogP contribution in [0.5, 0.6) is 0 Å². The Bertz CT molecular complexity index is 642. The van der Waals surface area contributed by atoms with Crippen LogP contribution in [0.4, 0.5) is 0 Å². The Morgan fingerprint density at radius 1 is 1.12 bits per heavy atom. The highest BCUT2D eigenvalue weighted by Gasteiger charge is 2.29. The van der Waals surface area contributed by atoms with Gasteiger partial charge in [0, 0.05) is 50.9 Å². The van der Waals surface area contributed by atoms with E-state index in [0.29, 0.717) is 31.6 Å². The van der Waals surface area contributed by atoms with Gasteiger partial charge in [0.1, 0.15) is 0 Å². The van der Waals surface area contributed by atoms with Crippen LogP contribution in [0.25, 0.3) is 0 Å². The maximum Gasteiger partial charge on any atom is 0.356 e. The number of amides is 1. The van der Waals surface area contributed by atoms with Gasteiger partial charge in [0.15, 0.2) is 5.69 Å². The molecule has 24 heavy (non-hydrogen) atoms. The molecule has 0 bridgehead atoms. The van der Waals surface area contributed by atoms with Gasteiger partial charge in [-0.05, 0) is 26.6 Å². The zero-order chi connectivity index (χ0) is 17.3. The van der Waals surface area contributed by atoms with E-state index < -0.39 is 5.97 Å². The van der Waals surface area contributed by atoms with Crippen molar-refractivity contribution in [2.24, 2.45) is 7.05 Å². The zero-order valence-electron chi connectivity index (χ0n) is 14.4. The van der Waals surface area contributed by atoms with Gasteiger partial charge in [-0.25, -0.2) is 4.79 Å². The van der Waals surface area contributed by atoms with Gasteiger partial charge in [-0.1, -0.05) is 0 Å². The minimum atomic E-state index is -1.03. The number of carboxylic acids is 1. The lowest BCUT2D eigenvalue weighted by Gasteiger charge is -2.30. The number of hydrogen-bond donors (Lipinski definition) is 1. The number of aromatic nitrogens is 2. The Morgan fingerprint density at radius 2 is 1.92 bits per heavy atom. The molecule has 1 aromatic heterocycles. The van der Waals surface area contributed by atoms with Crippen LogP contribution in [-0.2, 0) is 24.8 Å². The standard InChI is InChI=1S/C16H25N5O3/c1-18-5-3-6-20(9-8-18)11-14(22)21-7-4-13-12(10-21)15(16(23)24)17-19(13)2/h3-11H2,1-2H3,(H,23,24). The van der Waals surface area contributed by atoms with Crippen molar-refractivity contribution in [2.45, 2.75) is 19.4 Å². The van der Waals surface area contributed by atoms with Gasteiger partial charge in [0.25, 0.3) is 0 Å². The first-order valence-electron chi connectivity index (χ1n) is 8.42. The fraction of sp³-hybridized carbons (Fsp3) is 0.688. The lowest BCUT2D eigenvalue weighted by molar-refractivity contribution is -0.133. The van der Waals surface area contributed by atoms with Crippen molar-refractivity contribution in [3.05, 3.63) is 17.0 Å². The van der Waals surface area contributed by atoms with Gasteiger partial charge in [-0.3, -0.25) is 14.4 Å². The molecule has 3 rings (SSSR count). The number of likely N-dealkylation sites (N-methyl/N-ethyl adjacent to an activating group) is 1. The molecular formula is C16H25N5O3. The molecule has 132 valence electrons. The van der Waals surface area contributed by atoms with E-state index in [2.05, 4.69) is 21.9 Å². The highest BCUT2D eigenvalue weighted by molar-refractivity contribution is 5.88. The number of nitrogens with zero attached hydrogens (tertiary/aromatic N) is 5. The number of fused-ring (bicyclic) bond motifs is 1. The van der Waals surface area contributed by atoms with Crippen LogP contribution in [0, 0.1) is 0 Å². The molecular weight excluding hydrogens is 310 g/mol. The normalized spacial score (nSPS) is 19.8. The fourth-order valence-electron chi connectivity index (χ4n) is 3.53. The summed E-state index contributed by atoms with van der Waals surface area (Å²) in [6.07, 6.45) is 1.72. The summed E-state index contributed by atoms with van der Waals surface area (Å²) < 4.78 is 1.63. The number of carbonyl (C=O) groups excluding carboxylic acids is 1. The number of carbonyl (C=O) groups is 2. The zero-order valence-corrected chi connectivity index (χ0v) is 14.4. The average molecular weight is 335 g/mol. The van der Waals surface area contributed by atoms with Crippen molar-refractivity contribution in [2.75, 3.05) is 46.3 Å². The smallest absolute Gasteiger partial charge is 0.356 e. The van der Waals surface area contributed by atoms with Crippen LogP contribution in [0.3, 0.4) is 0 Å². The molecule has 2 aliphatic rings. The molecule has 0 spiro atoms. The second kappa shape index (κ2) is 6.90. The predicted octanol–water partition coefficient (Wildman–Crippen LogP) is -0.359. The fourth-order valence-corrected chi connectivity index (χ4v) is 3.53. The van der Waals surface area contributed by atoms with Gasteiger partial charge in [0.05, 0.1) is 6.54 Å². The van der Waals surface area contributed by atoms with Gasteiger partial charge in [-0.15, -0.1) is 0 Å². The summed E-state index contributed by atoms with van der Waals surface area (Å²) in [5.41, 5.74) is 1.68. The second-order valence-corrected chi connectivity index (χ2v) is 6.70. The number of aromatic carboxylic acids is 1. The molecule has 0 saturated carbocycles. The molecule has 1 aromatic rings. The van der Waals surface area contributed by atoms with E-state index in [4.69, 9.17) is 0 Å². The van der Waals surface area contributed by atoms with Crippen molar-refractivity contribution >= 4 is 11.9 Å². The lowest BCUT2D eigenvalue weighted by Crippen LogP contribution is -2.43. The van der Waals surface area contributed by atoms with Gasteiger partial charge < -0.3 is 14.9 Å². The summed E-state index contributed by atoms with van der Waals surface area (Å²) in [7, 11) is 3.86. The van der Waals surface area contributed by atoms with Crippen molar-refractivity contribution in [3.8, 4) is 0 Å². The highest BCUT2D eigenvalue weighted by atomic mass is 16.4. The second-order valence-electron chi connectivity index (χ2n) is 6.70. The first-order valence-corrected chi connectivity index (χ1v) is 8.42. The molecule has 0 aliphatic carbocycles. The van der Waals surface area contributed by atoms with Crippen molar-refractivity contribution in [3.63, 3.8) is 0 Å². The summed E-state index contributed by atoms with van der Waals surface area (Å²) in [4.78, 5) is 30.3. The van der Waals surface area contributed by atoms with E-state index in [1.54, 1.807) is 16.6 Å². The Kier molecular flexibility index (Phi) is 4.86. The van der Waals surface area contributed by atoms with Crippen LogP contribution in [0.1, 0.15) is 28.2 Å². The number of hydrogen-bond acceptors (Lipinski definition) is 5. The third-order valence-corrected chi connectivity index (χ3v) is 4.97. The molecule has 1 N–H and O–H groups in total. The average Bonchev–Trinajstić information content (AvgIpc) is 2.75. The van der Waals surface area contributed by atoms with Gasteiger partial charge in [0.2, 0.25) is 5.91 Å². The summed E-state index contributed by atoms with van der Waals surface area (Å²) in [6.45, 7) is 5.25. The van der Waals surface area contributed by atoms with Crippen molar-refractivity contribution in [1.82, 2.24) is 24.5 Å². The first kappa shape index (κ1) is 16.9. The van der Waals surface area contributed by atoms with E-state index in [-0.39, 0.29) is 11.6 Å². The van der Waals surface area contributed by atoms with Crippen LogP contribution >= 0.6 is 0 Å². The van der Waals surface area contributed by atoms with Crippen LogP contribution in [0.2, 0.25) is 0 Å². The molecule has 1 saturated heterocycles. The Hall–Kier alpha value is -1.93. The van der Waals surface area contributed by atoms with Crippen molar-refractivity contribution < 1.29 is 14.7 Å². The van der Waals surface area contributed by atoms with Gasteiger partial charge in [-0.2, -0.15) is 5.10 Å². The minimum absolute atomic E-state index is 0.0707. The molecule has 0 atom stereocenters. The third-order valence-electron chi connectivity index (χ3n) is 4.97. The number of rotatable bonds is 3. The molecule has 8 heteroatoms. The molecule has 0 radical (unpaired) electrons. The Morgan fingerprint density at radius 3 is 2.67 bits per heavy atom. The largest absolute Gasteiger partial charge is 0.476 e. The van der Waals surface area contributed by atoms with Crippen LogP contribution < -0.4 is 0 Å². The topological polar surface area (TPSA) is 81.9 Å². The van der Waals surface area contributed by atoms with E-state index in [1.165, 1.54) is 0 Å². The molecule has 2 aliphatic heterocycles. The van der Waals surface area contributed by atoms with Gasteiger partial charge >= 0.3 is 5.97 Å². The summed E-state index contributed by atoms with van der Waals surface area (Å²) in [6, 6.07) is 0. The van der Waals surface area contributed by atoms with E-state index in [0.717, 1.165) is 38.3 Å². The maximum absolute atomic E-state index is 12.7. The molecule has 3 heterocycles. The maximum atomic E-state index is 12.7. The third kappa shape index (κ3) is 3.44. The highest BCUT2D eigenvalue weighted by Crippen LogP contribution is 2.22. The predicted molar refractivity (Wildman–Crippen MR) is 87.8 cm³/mol. The monoisotopic (exact) mass is 335 g/mol. The SMILES string of the molecule is CN1CCCN(CC(=O)N2CCc3c(c(C(=O)O)nn3C)C2)CC1. The minimum Gasteiger partial charge on any atom is -0.476 e. The lowest BCUT2D eigenvalue weighted by atomic mass is 10.0. The van der Waals surface area contributed by atoms with E-state index in [9.17, 15) is 14.7 Å². The summed E-state index contributed by atoms with van der Waals surface area (Å²) in [5, 5.41) is 13.4. The molecule has 1 amide bonds. The Balaban J connectivity index is 1.66. The summed E-state index contributed by atoms with van der Waals surface area (Å²) >= 11 is 0. The molecule has 1 fully saturated rings. The molecule has 0 aromatic carbocycles. The summed E-state index contributed by atoms with van der Waals surface area (Å²) in [5.74, 6) is -0.956. The van der Waals surface area contributed by atoms with Crippen LogP contribution in [0.15, 0.2) is 0 Å².